The molecule has 0 aromatic heterocycles. The number of rotatable bonds is 1. The maximum atomic E-state index is 4.90. The van der Waals surface area contributed by atoms with E-state index in [2.05, 4.69) is 0 Å². The van der Waals surface area contributed by atoms with Gasteiger partial charge in [-0.05, 0) is 0 Å². The van der Waals surface area contributed by atoms with Crippen molar-refractivity contribution in [3.8, 4) is 0 Å². The molecule has 3 heteroatoms. The van der Waals surface area contributed by atoms with Gasteiger partial charge in [-0.15, -0.1) is 0 Å². The van der Waals surface area contributed by atoms with Gasteiger partial charge in [0, 0.05) is 13.1 Å². The largest absolute Gasteiger partial charge is 2.00 e. The Morgan fingerprint density at radius 2 is 1.40 bits per heavy atom. The zero-order valence-corrected chi connectivity index (χ0v) is 3.28. The molecular weight excluding hydrogens is 61.0 g/mol. The van der Waals surface area contributed by atoms with E-state index in [9.17, 15) is 0 Å². The van der Waals surface area contributed by atoms with Crippen LogP contribution in [0, 0.1) is 0 Å². The molecule has 0 unspecified atom stereocenters. The molecular formula is C2H10BeN2. The van der Waals surface area contributed by atoms with E-state index in [1.807, 2.05) is 0 Å². The molecule has 0 saturated carbocycles. The Hall–Kier alpha value is 0.0888. The quantitative estimate of drug-likeness (QED) is 0.379. The average molecular weight is 71.1 g/mol. The number of hydrogen-bond acceptors (Lipinski definition) is 2. The summed E-state index contributed by atoms with van der Waals surface area (Å²) in [5, 5.41) is 0. The molecule has 0 saturated heterocycles. The standard InChI is InChI=1S/C2H8N2.Be.2H/c3-1-2-4;;;/h1-4H2;;;/q;+2;2*-1. The van der Waals surface area contributed by atoms with Gasteiger partial charge in [0.2, 0.25) is 0 Å². The van der Waals surface area contributed by atoms with Gasteiger partial charge in [-0.1, -0.05) is 0 Å². The summed E-state index contributed by atoms with van der Waals surface area (Å²) in [5.74, 6) is 0. The zero-order chi connectivity index (χ0) is 3.41. The maximum Gasteiger partial charge on any atom is 2.00 e. The third kappa shape index (κ3) is 15.0. The van der Waals surface area contributed by atoms with Gasteiger partial charge in [0.25, 0.3) is 0 Å². The first-order valence-electron chi connectivity index (χ1n) is 1.32. The van der Waals surface area contributed by atoms with Gasteiger partial charge in [0.05, 0.1) is 0 Å². The third-order valence-corrected chi connectivity index (χ3v) is 0.167. The predicted octanol–water partition coefficient (Wildman–Crippen LogP) is -1.25. The molecule has 4 N–H and O–H groups in total. The van der Waals surface area contributed by atoms with Crippen LogP contribution in [-0.2, 0) is 0 Å². The van der Waals surface area contributed by atoms with Crippen molar-refractivity contribution in [3.05, 3.63) is 0 Å². The van der Waals surface area contributed by atoms with Gasteiger partial charge < -0.3 is 14.3 Å². The fourth-order valence-corrected chi connectivity index (χ4v) is 0. The Balaban J connectivity index is -0.0000000150. The maximum absolute atomic E-state index is 4.90. The molecule has 0 fully saturated rings. The van der Waals surface area contributed by atoms with Crippen molar-refractivity contribution >= 4 is 10.1 Å². The van der Waals surface area contributed by atoms with Crippen molar-refractivity contribution in [3.63, 3.8) is 0 Å². The Morgan fingerprint density at radius 1 is 1.20 bits per heavy atom. The van der Waals surface area contributed by atoms with Crippen molar-refractivity contribution in [2.75, 3.05) is 13.1 Å². The van der Waals surface area contributed by atoms with Gasteiger partial charge in [0.15, 0.2) is 0 Å². The van der Waals surface area contributed by atoms with E-state index in [1.165, 1.54) is 0 Å². The van der Waals surface area contributed by atoms with Crippen LogP contribution < -0.4 is 11.5 Å². The zero-order valence-electron chi connectivity index (χ0n) is 5.28. The third-order valence-electron chi connectivity index (χ3n) is 0.167. The van der Waals surface area contributed by atoms with Crippen molar-refractivity contribution in [2.24, 2.45) is 11.5 Å². The molecule has 0 rings (SSSR count). The molecule has 2 nitrogen and oxygen atoms in total. The Labute approximate surface area is 38.7 Å². The molecule has 0 atom stereocenters. The van der Waals surface area contributed by atoms with Crippen LogP contribution in [0.25, 0.3) is 0 Å². The number of hydrogen-bond donors (Lipinski definition) is 2. The molecule has 0 amide bonds. The molecule has 0 heterocycles. The minimum absolute atomic E-state index is 0. The minimum atomic E-state index is 0. The number of nitrogens with two attached hydrogens (primary N) is 2. The van der Waals surface area contributed by atoms with E-state index < -0.39 is 0 Å². The molecule has 0 bridgehead atoms. The summed E-state index contributed by atoms with van der Waals surface area (Å²) in [4.78, 5) is 0. The topological polar surface area (TPSA) is 52.0 Å². The van der Waals surface area contributed by atoms with Crippen molar-refractivity contribution in [1.29, 1.82) is 0 Å². The molecule has 0 aromatic carbocycles. The first-order chi connectivity index (χ1) is 1.91. The molecule has 0 aliphatic carbocycles. The average Bonchev–Trinajstić information content (AvgIpc) is 1.37. The molecule has 0 aromatic rings. The van der Waals surface area contributed by atoms with Crippen LogP contribution in [0.3, 0.4) is 0 Å². The summed E-state index contributed by atoms with van der Waals surface area (Å²) in [6.45, 7) is 1.19. The van der Waals surface area contributed by atoms with Crippen molar-refractivity contribution in [1.82, 2.24) is 0 Å². The van der Waals surface area contributed by atoms with E-state index in [4.69, 9.17) is 11.5 Å². The summed E-state index contributed by atoms with van der Waals surface area (Å²) in [6.07, 6.45) is 0. The van der Waals surface area contributed by atoms with E-state index in [0.29, 0.717) is 13.1 Å². The van der Waals surface area contributed by atoms with Crippen LogP contribution in [0.15, 0.2) is 0 Å². The summed E-state index contributed by atoms with van der Waals surface area (Å²) in [5.41, 5.74) is 9.81. The predicted molar refractivity (Wildman–Crippen MR) is 26.1 cm³/mol. The minimum Gasteiger partial charge on any atom is -1.00 e. The van der Waals surface area contributed by atoms with Crippen molar-refractivity contribution in [2.45, 2.75) is 0 Å². The van der Waals surface area contributed by atoms with E-state index in [0.717, 1.165) is 0 Å². The van der Waals surface area contributed by atoms with Gasteiger partial charge in [-0.3, -0.25) is 0 Å². The molecule has 0 aliphatic rings. The Bertz CT molecular complexity index is 15.7. The van der Waals surface area contributed by atoms with E-state index in [1.54, 1.807) is 0 Å². The first kappa shape index (κ1) is 8.92. The van der Waals surface area contributed by atoms with Crippen molar-refractivity contribution < 1.29 is 2.85 Å². The molecule has 0 radical (unpaired) electrons. The van der Waals surface area contributed by atoms with E-state index >= 15 is 0 Å². The van der Waals surface area contributed by atoms with Gasteiger partial charge in [0.1, 0.15) is 0 Å². The Kier molecular flexibility index (Phi) is 15.9. The Morgan fingerprint density at radius 3 is 1.40 bits per heavy atom. The van der Waals surface area contributed by atoms with Gasteiger partial charge in [-0.2, -0.15) is 0 Å². The SMILES string of the molecule is NCCN.[Be+2].[H-].[H-]. The van der Waals surface area contributed by atoms with E-state index in [-0.39, 0.29) is 13.0 Å². The second-order valence-corrected chi connectivity index (χ2v) is 0.577. The first-order valence-corrected chi connectivity index (χ1v) is 1.32. The molecule has 5 heavy (non-hydrogen) atoms. The summed E-state index contributed by atoms with van der Waals surface area (Å²) in [7, 11) is 0. The fraction of sp³-hybridized carbons (Fsp3) is 1.00. The monoisotopic (exact) mass is 71.1 g/mol. The van der Waals surface area contributed by atoms with Crippen LogP contribution in [-0.4, -0.2) is 23.2 Å². The normalized spacial score (nSPS) is 6.00. The van der Waals surface area contributed by atoms with Gasteiger partial charge in [-0.25, -0.2) is 0 Å². The fourth-order valence-electron chi connectivity index (χ4n) is 0. The molecule has 0 spiro atoms. The van der Waals surface area contributed by atoms with Crippen LogP contribution in [0.1, 0.15) is 2.85 Å². The second kappa shape index (κ2) is 8.94. The van der Waals surface area contributed by atoms with Crippen LogP contribution in [0.2, 0.25) is 0 Å². The van der Waals surface area contributed by atoms with Gasteiger partial charge >= 0.3 is 10.1 Å². The smallest absolute Gasteiger partial charge is 1.00 e. The molecule has 30 valence electrons. The summed E-state index contributed by atoms with van der Waals surface area (Å²) in [6, 6.07) is 0. The van der Waals surface area contributed by atoms with Crippen LogP contribution >= 0.6 is 0 Å². The second-order valence-electron chi connectivity index (χ2n) is 0.577. The van der Waals surface area contributed by atoms with Crippen LogP contribution in [0.5, 0.6) is 0 Å². The summed E-state index contributed by atoms with van der Waals surface area (Å²) < 4.78 is 0. The molecule has 0 aliphatic heterocycles. The summed E-state index contributed by atoms with van der Waals surface area (Å²) >= 11 is 0. The van der Waals surface area contributed by atoms with Crippen LogP contribution in [0.4, 0.5) is 0 Å².